The Bertz CT molecular complexity index is 985. The van der Waals surface area contributed by atoms with Crippen molar-refractivity contribution in [3.05, 3.63) is 64.8 Å². The third-order valence-electron chi connectivity index (χ3n) is 6.87. The molecule has 4 N–H and O–H groups in total. The van der Waals surface area contributed by atoms with E-state index in [1.54, 1.807) is 12.0 Å². The predicted molar refractivity (Wildman–Crippen MR) is 117 cm³/mol. The Morgan fingerprint density at radius 3 is 2.72 bits per heavy atom. The standard InChI is InChI=1S/C25H31N3O/c1-29-23-11-10-18(16-19(23)17-28-14-6-2-3-7-15-28)24-25-21(12-13-26-24)20-8-4-5-9-22(20)27-25/h4-5,8-11,16,24,26-27H,2-3,6-7,12-15,17H2,1H3/p+2/t24-/m1/s1. The van der Waals surface area contributed by atoms with E-state index in [4.69, 9.17) is 4.74 Å². The summed E-state index contributed by atoms with van der Waals surface area (Å²) in [4.78, 5) is 5.44. The van der Waals surface area contributed by atoms with Gasteiger partial charge in [-0.15, -0.1) is 0 Å². The van der Waals surface area contributed by atoms with Crippen LogP contribution in [-0.4, -0.2) is 31.7 Å². The molecule has 1 saturated heterocycles. The number of fused-ring (bicyclic) bond motifs is 3. The number of rotatable bonds is 4. The molecule has 29 heavy (non-hydrogen) atoms. The number of hydrogen-bond acceptors (Lipinski definition) is 1. The molecule has 2 aromatic carbocycles. The highest BCUT2D eigenvalue weighted by molar-refractivity contribution is 5.85. The molecule has 2 aliphatic rings. The molecule has 2 aliphatic heterocycles. The molecule has 0 bridgehead atoms. The molecule has 1 aromatic heterocycles. The van der Waals surface area contributed by atoms with Crippen molar-refractivity contribution in [3.8, 4) is 5.75 Å². The van der Waals surface area contributed by atoms with E-state index >= 15 is 0 Å². The molecule has 5 rings (SSSR count). The van der Waals surface area contributed by atoms with Crippen molar-refractivity contribution in [2.24, 2.45) is 0 Å². The minimum absolute atomic E-state index is 0.343. The van der Waals surface area contributed by atoms with E-state index in [1.807, 2.05) is 0 Å². The van der Waals surface area contributed by atoms with Gasteiger partial charge in [-0.05, 0) is 55.5 Å². The number of nitrogens with two attached hydrogens (primary N) is 1. The summed E-state index contributed by atoms with van der Waals surface area (Å²) < 4.78 is 5.75. The van der Waals surface area contributed by atoms with E-state index in [1.165, 1.54) is 72.1 Å². The van der Waals surface area contributed by atoms with Crippen LogP contribution in [0.4, 0.5) is 0 Å². The summed E-state index contributed by atoms with van der Waals surface area (Å²) in [7, 11) is 1.80. The second-order valence-corrected chi connectivity index (χ2v) is 8.73. The molecule has 0 spiro atoms. The summed E-state index contributed by atoms with van der Waals surface area (Å²) in [6, 6.07) is 15.9. The molecule has 1 atom stereocenters. The van der Waals surface area contributed by atoms with Crippen LogP contribution < -0.4 is 15.0 Å². The number of methoxy groups -OCH3 is 1. The van der Waals surface area contributed by atoms with Crippen LogP contribution in [-0.2, 0) is 13.0 Å². The molecule has 0 amide bonds. The first-order chi connectivity index (χ1) is 14.3. The number of ether oxygens (including phenoxy) is 1. The molecule has 3 heterocycles. The Morgan fingerprint density at radius 2 is 1.90 bits per heavy atom. The van der Waals surface area contributed by atoms with Crippen LogP contribution in [0.2, 0.25) is 0 Å². The zero-order valence-corrected chi connectivity index (χ0v) is 17.5. The second-order valence-electron chi connectivity index (χ2n) is 8.73. The summed E-state index contributed by atoms with van der Waals surface area (Å²) in [5.41, 5.74) is 6.90. The number of para-hydroxylation sites is 1. The number of hydrogen-bond donors (Lipinski definition) is 3. The maximum absolute atomic E-state index is 5.75. The van der Waals surface area contributed by atoms with Crippen LogP contribution in [0.1, 0.15) is 54.1 Å². The van der Waals surface area contributed by atoms with Crippen LogP contribution in [0.3, 0.4) is 0 Å². The van der Waals surface area contributed by atoms with Crippen molar-refractivity contribution in [1.82, 2.24) is 4.98 Å². The van der Waals surface area contributed by atoms with Crippen molar-refractivity contribution in [2.45, 2.75) is 44.7 Å². The van der Waals surface area contributed by atoms with Gasteiger partial charge in [0.25, 0.3) is 0 Å². The number of H-pyrrole nitrogens is 1. The van der Waals surface area contributed by atoms with Gasteiger partial charge >= 0.3 is 0 Å². The van der Waals surface area contributed by atoms with E-state index in [9.17, 15) is 0 Å². The minimum Gasteiger partial charge on any atom is -0.496 e. The monoisotopic (exact) mass is 391 g/mol. The lowest BCUT2D eigenvalue weighted by Gasteiger charge is -2.23. The molecule has 4 heteroatoms. The minimum atomic E-state index is 0.343. The topological polar surface area (TPSA) is 46.1 Å². The van der Waals surface area contributed by atoms with E-state index in [0.29, 0.717) is 6.04 Å². The zero-order chi connectivity index (χ0) is 19.6. The Kier molecular flexibility index (Phi) is 5.30. The van der Waals surface area contributed by atoms with E-state index in [-0.39, 0.29) is 0 Å². The molecule has 0 unspecified atom stereocenters. The SMILES string of the molecule is COc1ccc([C@H]2[NH2+]CCc3c2[nH]c2ccccc32)cc1C[NH+]1CCCCCC1. The van der Waals surface area contributed by atoms with Gasteiger partial charge in [0.05, 0.1) is 32.4 Å². The van der Waals surface area contributed by atoms with Gasteiger partial charge in [-0.1, -0.05) is 18.2 Å². The highest BCUT2D eigenvalue weighted by Crippen LogP contribution is 2.32. The van der Waals surface area contributed by atoms with Gasteiger partial charge in [0.15, 0.2) is 6.04 Å². The van der Waals surface area contributed by atoms with Gasteiger partial charge in [-0.3, -0.25) is 0 Å². The van der Waals surface area contributed by atoms with Crippen molar-refractivity contribution in [1.29, 1.82) is 0 Å². The quantitative estimate of drug-likeness (QED) is 0.628. The fourth-order valence-corrected chi connectivity index (χ4v) is 5.38. The van der Waals surface area contributed by atoms with E-state index < -0.39 is 0 Å². The Morgan fingerprint density at radius 1 is 1.07 bits per heavy atom. The average molecular weight is 392 g/mol. The fraction of sp³-hybridized carbons (Fsp3) is 0.440. The van der Waals surface area contributed by atoms with Gasteiger partial charge in [0, 0.05) is 28.5 Å². The second kappa shape index (κ2) is 8.21. The molecule has 3 aromatic rings. The lowest BCUT2D eigenvalue weighted by molar-refractivity contribution is -0.913. The van der Waals surface area contributed by atoms with E-state index in [0.717, 1.165) is 25.3 Å². The van der Waals surface area contributed by atoms with Crippen LogP contribution in [0.15, 0.2) is 42.5 Å². The summed E-state index contributed by atoms with van der Waals surface area (Å²) in [5.74, 6) is 1.04. The number of likely N-dealkylation sites (tertiary alicyclic amines) is 1. The molecule has 0 aliphatic carbocycles. The van der Waals surface area contributed by atoms with Crippen LogP contribution in [0, 0.1) is 0 Å². The molecule has 152 valence electrons. The summed E-state index contributed by atoms with van der Waals surface area (Å²) in [6.45, 7) is 4.78. The highest BCUT2D eigenvalue weighted by Gasteiger charge is 2.29. The third-order valence-corrected chi connectivity index (χ3v) is 6.87. The molecular formula is C25H33N3O+2. The average Bonchev–Trinajstić information content (AvgIpc) is 2.95. The molecule has 0 saturated carbocycles. The van der Waals surface area contributed by atoms with Gasteiger partial charge in [0.1, 0.15) is 12.3 Å². The van der Waals surface area contributed by atoms with Gasteiger partial charge in [0.2, 0.25) is 0 Å². The van der Waals surface area contributed by atoms with Crippen molar-refractivity contribution in [2.75, 3.05) is 26.7 Å². The fourth-order valence-electron chi connectivity index (χ4n) is 5.38. The molecular weight excluding hydrogens is 358 g/mol. The largest absolute Gasteiger partial charge is 0.496 e. The van der Waals surface area contributed by atoms with E-state index in [2.05, 4.69) is 52.8 Å². The molecule has 4 nitrogen and oxygen atoms in total. The molecule has 0 radical (unpaired) electrons. The lowest BCUT2D eigenvalue weighted by atomic mass is 9.93. The highest BCUT2D eigenvalue weighted by atomic mass is 16.5. The predicted octanol–water partition coefficient (Wildman–Crippen LogP) is 2.34. The zero-order valence-electron chi connectivity index (χ0n) is 17.5. The third kappa shape index (κ3) is 3.67. The number of benzene rings is 2. The van der Waals surface area contributed by atoms with Crippen LogP contribution in [0.25, 0.3) is 10.9 Å². The normalized spacial score (nSPS) is 20.4. The van der Waals surface area contributed by atoms with Crippen LogP contribution >= 0.6 is 0 Å². The summed E-state index contributed by atoms with van der Waals surface area (Å²) in [6.07, 6.45) is 6.62. The summed E-state index contributed by atoms with van der Waals surface area (Å²) in [5, 5.41) is 3.88. The van der Waals surface area contributed by atoms with Crippen molar-refractivity contribution in [3.63, 3.8) is 0 Å². The Hall–Kier alpha value is -2.30. The summed E-state index contributed by atoms with van der Waals surface area (Å²) >= 11 is 0. The lowest BCUT2D eigenvalue weighted by Crippen LogP contribution is -3.10. The number of aromatic amines is 1. The van der Waals surface area contributed by atoms with Gasteiger partial charge in [-0.2, -0.15) is 0 Å². The Labute approximate surface area is 173 Å². The number of aromatic nitrogens is 1. The first kappa shape index (κ1) is 18.7. The first-order valence-corrected chi connectivity index (χ1v) is 11.3. The first-order valence-electron chi connectivity index (χ1n) is 11.3. The van der Waals surface area contributed by atoms with Crippen molar-refractivity contribution >= 4 is 10.9 Å². The van der Waals surface area contributed by atoms with Gasteiger partial charge < -0.3 is 19.9 Å². The maximum Gasteiger partial charge on any atom is 0.153 e. The number of quaternary nitrogens is 2. The van der Waals surface area contributed by atoms with Gasteiger partial charge in [-0.25, -0.2) is 0 Å². The Balaban J connectivity index is 1.49. The smallest absolute Gasteiger partial charge is 0.153 e. The number of nitrogens with one attached hydrogen (secondary N) is 2. The van der Waals surface area contributed by atoms with Crippen molar-refractivity contribution < 1.29 is 15.0 Å². The molecule has 1 fully saturated rings. The maximum atomic E-state index is 5.75. The van der Waals surface area contributed by atoms with Crippen LogP contribution in [0.5, 0.6) is 5.75 Å².